The predicted octanol–water partition coefficient (Wildman–Crippen LogP) is 1.64. The average molecular weight is 505 g/mol. The molecule has 0 atom stereocenters. The molecule has 1 amide bonds. The van der Waals surface area contributed by atoms with Crippen LogP contribution in [0.3, 0.4) is 0 Å². The number of amidine groups is 1. The largest absolute Gasteiger partial charge is 0.306 e. The van der Waals surface area contributed by atoms with Crippen LogP contribution in [0, 0.1) is 11.7 Å². The predicted molar refractivity (Wildman–Crippen MR) is 107 cm³/mol. The van der Waals surface area contributed by atoms with E-state index < -0.39 is 21.8 Å². The number of carbonyl (C=O) groups is 1. The minimum atomic E-state index is -3.30. The standard InChI is InChI=1S/C16H18BrFN6O5S/c1-30(27,28)24-6-4-9(5-7-24)16(25)20-15-13(22-29-23-15)14(21-26)19-10-2-3-12(18)11(17)8-10/h2-3,8-9,26H,4-7H2,1H3,(H,19,21)(H,20,23,25). The van der Waals surface area contributed by atoms with E-state index in [1.165, 1.54) is 22.5 Å². The van der Waals surface area contributed by atoms with E-state index >= 15 is 0 Å². The normalized spacial score (nSPS) is 16.5. The molecule has 11 nitrogen and oxygen atoms in total. The zero-order chi connectivity index (χ0) is 21.9. The number of rotatable bonds is 5. The van der Waals surface area contributed by atoms with Gasteiger partial charge in [-0.15, -0.1) is 0 Å². The Labute approximate surface area is 179 Å². The Bertz CT molecular complexity index is 1070. The highest BCUT2D eigenvalue weighted by molar-refractivity contribution is 9.10. The van der Waals surface area contributed by atoms with Crippen LogP contribution >= 0.6 is 15.9 Å². The number of hydrogen-bond donors (Lipinski definition) is 3. The summed E-state index contributed by atoms with van der Waals surface area (Å²) in [5, 5.41) is 19.3. The lowest BCUT2D eigenvalue weighted by Gasteiger charge is -2.29. The average Bonchev–Trinajstić information content (AvgIpc) is 3.16. The van der Waals surface area contributed by atoms with E-state index in [1.54, 1.807) is 0 Å². The molecule has 3 rings (SSSR count). The van der Waals surface area contributed by atoms with Gasteiger partial charge in [0.1, 0.15) is 5.82 Å². The number of amides is 1. The third kappa shape index (κ3) is 5.19. The molecule has 14 heteroatoms. The van der Waals surface area contributed by atoms with E-state index in [0.717, 1.165) is 6.26 Å². The monoisotopic (exact) mass is 504 g/mol. The van der Waals surface area contributed by atoms with Crippen molar-refractivity contribution >= 4 is 49.2 Å². The van der Waals surface area contributed by atoms with Gasteiger partial charge in [0.05, 0.1) is 16.4 Å². The summed E-state index contributed by atoms with van der Waals surface area (Å²) in [6.07, 6.45) is 1.83. The van der Waals surface area contributed by atoms with Crippen LogP contribution in [0.4, 0.5) is 15.9 Å². The molecule has 0 radical (unpaired) electrons. The molecular formula is C16H18BrFN6O5S. The quantitative estimate of drug-likeness (QED) is 0.315. The number of nitrogens with one attached hydrogen (secondary N) is 2. The van der Waals surface area contributed by atoms with E-state index in [-0.39, 0.29) is 46.5 Å². The number of sulfonamides is 1. The Morgan fingerprint density at radius 1 is 1.37 bits per heavy atom. The summed E-state index contributed by atoms with van der Waals surface area (Å²) in [6, 6.07) is 3.94. The SMILES string of the molecule is CS(=O)(=O)N1CCC(C(=O)Nc2nonc2C(=Nc2ccc(F)c(Br)c2)NO)CC1. The highest BCUT2D eigenvalue weighted by Gasteiger charge is 2.30. The van der Waals surface area contributed by atoms with Gasteiger partial charge in [0.15, 0.2) is 11.5 Å². The summed E-state index contributed by atoms with van der Waals surface area (Å²) in [4.78, 5) is 16.7. The molecule has 0 unspecified atom stereocenters. The molecule has 1 saturated heterocycles. The first kappa shape index (κ1) is 22.3. The molecule has 1 aliphatic heterocycles. The number of anilines is 1. The molecule has 0 spiro atoms. The molecule has 0 aliphatic carbocycles. The maximum absolute atomic E-state index is 13.4. The van der Waals surface area contributed by atoms with Gasteiger partial charge in [-0.3, -0.25) is 15.5 Å². The zero-order valence-corrected chi connectivity index (χ0v) is 18.1. The molecule has 30 heavy (non-hydrogen) atoms. The molecule has 1 aliphatic rings. The lowest BCUT2D eigenvalue weighted by atomic mass is 9.97. The fourth-order valence-electron chi connectivity index (χ4n) is 2.91. The van der Waals surface area contributed by atoms with Crippen molar-refractivity contribution in [1.29, 1.82) is 0 Å². The number of aliphatic imine (C=N–C) groups is 1. The summed E-state index contributed by atoms with van der Waals surface area (Å²) in [7, 11) is -3.30. The number of aromatic nitrogens is 2. The Morgan fingerprint density at radius 2 is 2.07 bits per heavy atom. The smallest absolute Gasteiger partial charge is 0.228 e. The van der Waals surface area contributed by atoms with Crippen LogP contribution in [0.2, 0.25) is 0 Å². The van der Waals surface area contributed by atoms with Crippen LogP contribution in [0.1, 0.15) is 18.5 Å². The minimum Gasteiger partial charge on any atom is -0.306 e. The minimum absolute atomic E-state index is 0.0696. The molecule has 3 N–H and O–H groups in total. The second-order valence-electron chi connectivity index (χ2n) is 6.56. The van der Waals surface area contributed by atoms with Crippen molar-refractivity contribution in [2.24, 2.45) is 10.9 Å². The van der Waals surface area contributed by atoms with E-state index in [2.05, 4.69) is 41.2 Å². The topological polar surface area (TPSA) is 150 Å². The van der Waals surface area contributed by atoms with E-state index in [9.17, 15) is 22.8 Å². The van der Waals surface area contributed by atoms with Crippen LogP contribution in [0.25, 0.3) is 0 Å². The van der Waals surface area contributed by atoms with Gasteiger partial charge in [-0.25, -0.2) is 26.7 Å². The second kappa shape index (κ2) is 9.16. The van der Waals surface area contributed by atoms with Gasteiger partial charge >= 0.3 is 0 Å². The van der Waals surface area contributed by atoms with Crippen LogP contribution in [-0.2, 0) is 14.8 Å². The molecular weight excluding hydrogens is 487 g/mol. The molecule has 1 aromatic heterocycles. The summed E-state index contributed by atoms with van der Waals surface area (Å²) in [5.41, 5.74) is 2.07. The van der Waals surface area contributed by atoms with Crippen molar-refractivity contribution in [2.75, 3.05) is 24.7 Å². The molecule has 162 valence electrons. The first-order valence-corrected chi connectivity index (χ1v) is 11.4. The van der Waals surface area contributed by atoms with Gasteiger partial charge < -0.3 is 5.32 Å². The van der Waals surface area contributed by atoms with Gasteiger partial charge in [0, 0.05) is 19.0 Å². The highest BCUT2D eigenvalue weighted by atomic mass is 79.9. The first-order chi connectivity index (χ1) is 14.2. The molecule has 2 heterocycles. The van der Waals surface area contributed by atoms with Gasteiger partial charge in [-0.1, -0.05) is 0 Å². The summed E-state index contributed by atoms with van der Waals surface area (Å²) in [5.74, 6) is -1.56. The first-order valence-electron chi connectivity index (χ1n) is 8.72. The molecule has 2 aromatic rings. The summed E-state index contributed by atoms with van der Waals surface area (Å²) in [6.45, 7) is 0.483. The molecule has 1 aromatic carbocycles. The van der Waals surface area contributed by atoms with Gasteiger partial charge in [0.2, 0.25) is 21.7 Å². The Hall–Kier alpha value is -2.42. The van der Waals surface area contributed by atoms with Gasteiger partial charge in [-0.05, 0) is 57.3 Å². The fourth-order valence-corrected chi connectivity index (χ4v) is 4.15. The number of piperidine rings is 1. The van der Waals surface area contributed by atoms with Crippen molar-refractivity contribution in [2.45, 2.75) is 12.8 Å². The van der Waals surface area contributed by atoms with E-state index in [0.29, 0.717) is 12.8 Å². The number of nitrogens with zero attached hydrogens (tertiary/aromatic N) is 4. The van der Waals surface area contributed by atoms with Gasteiger partial charge in [-0.2, -0.15) is 0 Å². The maximum Gasteiger partial charge on any atom is 0.228 e. The van der Waals surface area contributed by atoms with Crippen LogP contribution in [0.15, 0.2) is 32.3 Å². The van der Waals surface area contributed by atoms with E-state index in [4.69, 9.17) is 0 Å². The maximum atomic E-state index is 13.4. The Morgan fingerprint density at radius 3 is 2.67 bits per heavy atom. The Balaban J connectivity index is 1.73. The highest BCUT2D eigenvalue weighted by Crippen LogP contribution is 2.24. The van der Waals surface area contributed by atoms with Crippen LogP contribution < -0.4 is 10.8 Å². The lowest BCUT2D eigenvalue weighted by Crippen LogP contribution is -2.41. The van der Waals surface area contributed by atoms with Crippen molar-refractivity contribution < 1.29 is 27.4 Å². The second-order valence-corrected chi connectivity index (χ2v) is 9.39. The molecule has 1 fully saturated rings. The zero-order valence-electron chi connectivity index (χ0n) is 15.7. The van der Waals surface area contributed by atoms with Crippen molar-refractivity contribution in [3.63, 3.8) is 0 Å². The molecule has 0 bridgehead atoms. The number of halogens is 2. The number of hydrogen-bond acceptors (Lipinski definition) is 8. The third-order valence-electron chi connectivity index (χ3n) is 4.50. The summed E-state index contributed by atoms with van der Waals surface area (Å²) >= 11 is 3.04. The summed E-state index contributed by atoms with van der Waals surface area (Å²) < 4.78 is 42.7. The Kier molecular flexibility index (Phi) is 6.80. The van der Waals surface area contributed by atoms with Crippen LogP contribution in [-0.4, -0.2) is 59.3 Å². The lowest BCUT2D eigenvalue weighted by molar-refractivity contribution is -0.120. The van der Waals surface area contributed by atoms with Gasteiger partial charge in [0.25, 0.3) is 0 Å². The van der Waals surface area contributed by atoms with Crippen molar-refractivity contribution in [3.8, 4) is 0 Å². The molecule has 0 saturated carbocycles. The van der Waals surface area contributed by atoms with Crippen LogP contribution in [0.5, 0.6) is 0 Å². The van der Waals surface area contributed by atoms with Crippen molar-refractivity contribution in [1.82, 2.24) is 20.1 Å². The number of benzene rings is 1. The number of carbonyl (C=O) groups excluding carboxylic acids is 1. The third-order valence-corrected chi connectivity index (χ3v) is 6.41. The van der Waals surface area contributed by atoms with E-state index in [1.807, 2.05) is 5.48 Å². The number of hydroxylamine groups is 1. The van der Waals surface area contributed by atoms with Crippen molar-refractivity contribution in [3.05, 3.63) is 34.2 Å². The fraction of sp³-hybridized carbons (Fsp3) is 0.375.